The van der Waals surface area contributed by atoms with Gasteiger partial charge in [0.2, 0.25) is 0 Å². The maximum absolute atomic E-state index is 5.44. The molecule has 2 aromatic heterocycles. The molecule has 0 aliphatic rings. The first-order valence-corrected chi connectivity index (χ1v) is 8.58. The Morgan fingerprint density at radius 2 is 2.08 bits per heavy atom. The molecule has 0 unspecified atom stereocenters. The van der Waals surface area contributed by atoms with Crippen LogP contribution in [0, 0.1) is 6.92 Å². The van der Waals surface area contributed by atoms with E-state index in [-0.39, 0.29) is 0 Å². The topological polar surface area (TPSA) is 75.8 Å². The molecule has 2 N–H and O–H groups in total. The summed E-state index contributed by atoms with van der Waals surface area (Å²) in [7, 11) is 3.45. The molecule has 0 spiro atoms. The first kappa shape index (κ1) is 17.7. The Labute approximate surface area is 153 Å². The second-order valence-electron chi connectivity index (χ2n) is 5.96. The van der Waals surface area contributed by atoms with Gasteiger partial charge >= 0.3 is 0 Å². The van der Waals surface area contributed by atoms with Crippen molar-refractivity contribution in [2.45, 2.75) is 19.9 Å². The summed E-state index contributed by atoms with van der Waals surface area (Å²) in [5, 5.41) is 15.0. The maximum Gasteiger partial charge on any atom is 0.191 e. The van der Waals surface area contributed by atoms with Crippen LogP contribution in [0.25, 0.3) is 5.65 Å². The van der Waals surface area contributed by atoms with Gasteiger partial charge in [-0.3, -0.25) is 9.39 Å². The second-order valence-corrected chi connectivity index (χ2v) is 5.96. The van der Waals surface area contributed by atoms with E-state index in [1.54, 1.807) is 14.2 Å². The third-order valence-corrected chi connectivity index (χ3v) is 4.14. The van der Waals surface area contributed by atoms with E-state index in [1.165, 1.54) is 5.56 Å². The first-order valence-electron chi connectivity index (χ1n) is 8.58. The van der Waals surface area contributed by atoms with Gasteiger partial charge in [0.15, 0.2) is 11.6 Å². The molecule has 1 aromatic carbocycles. The smallest absolute Gasteiger partial charge is 0.191 e. The van der Waals surface area contributed by atoms with E-state index < -0.39 is 0 Å². The lowest BCUT2D eigenvalue weighted by molar-refractivity contribution is 0.408. The summed E-state index contributed by atoms with van der Waals surface area (Å²) in [6, 6.07) is 12.0. The lowest BCUT2D eigenvalue weighted by Gasteiger charge is -2.14. The molecule has 7 nitrogen and oxygen atoms in total. The minimum atomic E-state index is 0.636. The Morgan fingerprint density at radius 3 is 2.88 bits per heavy atom. The molecule has 7 heteroatoms. The van der Waals surface area contributed by atoms with Crippen LogP contribution in [-0.4, -0.2) is 41.3 Å². The zero-order valence-corrected chi connectivity index (χ0v) is 15.4. The molecule has 0 bridgehead atoms. The molecule has 3 aromatic rings. The number of hydrogen-bond acceptors (Lipinski definition) is 4. The fraction of sp³-hybridized carbons (Fsp3) is 0.316. The van der Waals surface area contributed by atoms with E-state index in [4.69, 9.17) is 4.74 Å². The number of aryl methyl sites for hydroxylation is 1. The first-order chi connectivity index (χ1) is 12.7. The van der Waals surface area contributed by atoms with E-state index in [1.807, 2.05) is 34.9 Å². The number of aliphatic imine (C=N–C) groups is 1. The zero-order valence-electron chi connectivity index (χ0n) is 15.4. The third-order valence-electron chi connectivity index (χ3n) is 4.14. The van der Waals surface area contributed by atoms with Gasteiger partial charge in [0.05, 0.1) is 7.11 Å². The number of hydrogen-bond donors (Lipinski definition) is 2. The summed E-state index contributed by atoms with van der Waals surface area (Å²) in [4.78, 5) is 4.27. The van der Waals surface area contributed by atoms with Gasteiger partial charge in [0.1, 0.15) is 11.6 Å². The molecule has 0 amide bonds. The fourth-order valence-electron chi connectivity index (χ4n) is 2.75. The van der Waals surface area contributed by atoms with Crippen LogP contribution >= 0.6 is 0 Å². The number of pyridine rings is 1. The van der Waals surface area contributed by atoms with Crippen LogP contribution in [0.1, 0.15) is 17.0 Å². The summed E-state index contributed by atoms with van der Waals surface area (Å²) in [5.74, 6) is 2.54. The number of methoxy groups -OCH3 is 1. The second kappa shape index (κ2) is 8.33. The summed E-state index contributed by atoms with van der Waals surface area (Å²) in [6.45, 7) is 3.39. The van der Waals surface area contributed by atoms with Crippen LogP contribution < -0.4 is 15.4 Å². The number of nitrogens with zero attached hydrogens (tertiary/aromatic N) is 4. The lowest BCUT2D eigenvalue weighted by Crippen LogP contribution is -2.38. The quantitative estimate of drug-likeness (QED) is 0.524. The van der Waals surface area contributed by atoms with E-state index in [9.17, 15) is 0 Å². The van der Waals surface area contributed by atoms with Gasteiger partial charge < -0.3 is 15.4 Å². The fourth-order valence-corrected chi connectivity index (χ4v) is 2.75. The number of aromatic nitrogens is 3. The average Bonchev–Trinajstić information content (AvgIpc) is 3.08. The van der Waals surface area contributed by atoms with Gasteiger partial charge in [-0.05, 0) is 30.7 Å². The molecule has 0 radical (unpaired) electrons. The highest BCUT2D eigenvalue weighted by molar-refractivity contribution is 5.79. The van der Waals surface area contributed by atoms with Crippen LogP contribution in [0.3, 0.4) is 0 Å². The van der Waals surface area contributed by atoms with E-state index >= 15 is 0 Å². The number of rotatable bonds is 6. The Balaban J connectivity index is 1.54. The standard InChI is InChI=1S/C19H24N6O/c1-14-7-8-15(16(12-14)26-3)13-22-19(20-2)21-10-9-18-24-23-17-6-4-5-11-25(17)18/h4-8,11-12H,9-10,13H2,1-3H3,(H2,20,21,22). The van der Waals surface area contributed by atoms with Crippen molar-refractivity contribution in [3.8, 4) is 5.75 Å². The van der Waals surface area contributed by atoms with Gasteiger partial charge in [0.25, 0.3) is 0 Å². The van der Waals surface area contributed by atoms with E-state index in [0.717, 1.165) is 35.2 Å². The Bertz CT molecular complexity index is 902. The van der Waals surface area contributed by atoms with Gasteiger partial charge in [-0.25, -0.2) is 0 Å². The monoisotopic (exact) mass is 352 g/mol. The van der Waals surface area contributed by atoms with Crippen molar-refractivity contribution in [1.29, 1.82) is 0 Å². The molecule has 0 fully saturated rings. The Morgan fingerprint density at radius 1 is 1.19 bits per heavy atom. The highest BCUT2D eigenvalue weighted by Crippen LogP contribution is 2.19. The van der Waals surface area contributed by atoms with Crippen molar-refractivity contribution in [1.82, 2.24) is 25.2 Å². The number of guanidine groups is 1. The number of ether oxygens (including phenoxy) is 1. The molecule has 0 aliphatic carbocycles. The van der Waals surface area contributed by atoms with Crippen molar-refractivity contribution in [3.05, 3.63) is 59.5 Å². The van der Waals surface area contributed by atoms with E-state index in [2.05, 4.69) is 44.9 Å². The van der Waals surface area contributed by atoms with E-state index in [0.29, 0.717) is 13.1 Å². The van der Waals surface area contributed by atoms with Crippen molar-refractivity contribution in [2.24, 2.45) is 4.99 Å². The van der Waals surface area contributed by atoms with Gasteiger partial charge in [-0.1, -0.05) is 18.2 Å². The minimum Gasteiger partial charge on any atom is -0.496 e. The molecule has 3 rings (SSSR count). The molecule has 26 heavy (non-hydrogen) atoms. The Kier molecular flexibility index (Phi) is 5.68. The molecule has 0 aliphatic heterocycles. The predicted molar refractivity (Wildman–Crippen MR) is 103 cm³/mol. The van der Waals surface area contributed by atoms with Gasteiger partial charge in [-0.2, -0.15) is 0 Å². The molecule has 0 saturated heterocycles. The largest absolute Gasteiger partial charge is 0.496 e. The lowest BCUT2D eigenvalue weighted by atomic mass is 10.1. The molecule has 2 heterocycles. The highest BCUT2D eigenvalue weighted by Gasteiger charge is 2.07. The highest BCUT2D eigenvalue weighted by atomic mass is 16.5. The van der Waals surface area contributed by atoms with Crippen LogP contribution in [-0.2, 0) is 13.0 Å². The predicted octanol–water partition coefficient (Wildman–Crippen LogP) is 1.95. The summed E-state index contributed by atoms with van der Waals surface area (Å²) < 4.78 is 7.44. The molecular formula is C19H24N6O. The van der Waals surface area contributed by atoms with Gasteiger partial charge in [-0.15, -0.1) is 10.2 Å². The van der Waals surface area contributed by atoms with Crippen LogP contribution in [0.4, 0.5) is 0 Å². The normalized spacial score (nSPS) is 11.6. The average molecular weight is 352 g/mol. The number of benzene rings is 1. The van der Waals surface area contributed by atoms with Crippen molar-refractivity contribution < 1.29 is 4.74 Å². The van der Waals surface area contributed by atoms with Crippen LogP contribution in [0.5, 0.6) is 5.75 Å². The molecular weight excluding hydrogens is 328 g/mol. The molecule has 136 valence electrons. The van der Waals surface area contributed by atoms with Crippen LogP contribution in [0.15, 0.2) is 47.6 Å². The maximum atomic E-state index is 5.44. The summed E-state index contributed by atoms with van der Waals surface area (Å²) in [5.41, 5.74) is 3.12. The third kappa shape index (κ3) is 4.11. The number of fused-ring (bicyclic) bond motifs is 1. The Hall–Kier alpha value is -3.09. The van der Waals surface area contributed by atoms with Crippen molar-refractivity contribution in [2.75, 3.05) is 20.7 Å². The minimum absolute atomic E-state index is 0.636. The molecule has 0 atom stereocenters. The summed E-state index contributed by atoms with van der Waals surface area (Å²) >= 11 is 0. The SMILES string of the molecule is CN=C(NCCc1nnc2ccccn12)NCc1ccc(C)cc1OC. The van der Waals surface area contributed by atoms with Crippen molar-refractivity contribution in [3.63, 3.8) is 0 Å². The zero-order chi connectivity index (χ0) is 18.4. The number of nitrogens with one attached hydrogen (secondary N) is 2. The van der Waals surface area contributed by atoms with Gasteiger partial charge in [0, 0.05) is 38.3 Å². The summed E-state index contributed by atoms with van der Waals surface area (Å²) in [6.07, 6.45) is 2.72. The van der Waals surface area contributed by atoms with Crippen LogP contribution in [0.2, 0.25) is 0 Å². The molecule has 0 saturated carbocycles. The van der Waals surface area contributed by atoms with Crippen molar-refractivity contribution >= 4 is 11.6 Å².